The zero-order valence-corrected chi connectivity index (χ0v) is 19.7. The van der Waals surface area contributed by atoms with Crippen molar-refractivity contribution >= 4 is 22.8 Å². The maximum absolute atomic E-state index is 13.4. The molecule has 1 aliphatic rings. The van der Waals surface area contributed by atoms with E-state index < -0.39 is 4.92 Å². The van der Waals surface area contributed by atoms with E-state index in [0.717, 1.165) is 31.2 Å². The van der Waals surface area contributed by atoms with Gasteiger partial charge in [-0.05, 0) is 48.2 Å². The first kappa shape index (κ1) is 23.4. The van der Waals surface area contributed by atoms with Crippen LogP contribution in [0.4, 0.5) is 5.69 Å². The van der Waals surface area contributed by atoms with Gasteiger partial charge in [0.1, 0.15) is 18.2 Å². The van der Waals surface area contributed by atoms with Crippen LogP contribution >= 0.6 is 0 Å². The lowest BCUT2D eigenvalue weighted by molar-refractivity contribution is -0.384. The van der Waals surface area contributed by atoms with Crippen LogP contribution in [0.25, 0.3) is 10.9 Å². The van der Waals surface area contributed by atoms with Crippen molar-refractivity contribution in [3.05, 3.63) is 110 Å². The van der Waals surface area contributed by atoms with Gasteiger partial charge in [-0.15, -0.1) is 0 Å². The topological polar surface area (TPSA) is 99.6 Å². The van der Waals surface area contributed by atoms with Crippen molar-refractivity contribution in [1.29, 1.82) is 0 Å². The van der Waals surface area contributed by atoms with Crippen molar-refractivity contribution in [2.45, 2.75) is 44.6 Å². The molecule has 3 aromatic carbocycles. The fraction of sp³-hybridized carbons (Fsp3) is 0.250. The molecular formula is C28H26N4O4. The molecule has 36 heavy (non-hydrogen) atoms. The van der Waals surface area contributed by atoms with Crippen LogP contribution in [0.2, 0.25) is 0 Å². The van der Waals surface area contributed by atoms with Crippen LogP contribution in [0.15, 0.2) is 82.7 Å². The van der Waals surface area contributed by atoms with Gasteiger partial charge in [0.05, 0.1) is 22.0 Å². The Morgan fingerprint density at radius 3 is 2.67 bits per heavy atom. The van der Waals surface area contributed by atoms with E-state index in [1.54, 1.807) is 24.4 Å². The summed E-state index contributed by atoms with van der Waals surface area (Å²) in [6.07, 6.45) is 7.11. The van der Waals surface area contributed by atoms with Gasteiger partial charge in [-0.25, -0.2) is 4.98 Å². The molecular weight excluding hydrogens is 456 g/mol. The van der Waals surface area contributed by atoms with Crippen LogP contribution in [0.1, 0.15) is 55.0 Å². The molecule has 0 bridgehead atoms. The summed E-state index contributed by atoms with van der Waals surface area (Å²) in [5, 5.41) is 16.1. The largest absolute Gasteiger partial charge is 0.489 e. The van der Waals surface area contributed by atoms with Gasteiger partial charge in [-0.2, -0.15) is 9.78 Å². The highest BCUT2D eigenvalue weighted by molar-refractivity contribution is 5.81. The Bertz CT molecular complexity index is 1490. The Hall–Kier alpha value is -4.33. The third kappa shape index (κ3) is 5.17. The van der Waals surface area contributed by atoms with Crippen LogP contribution in [0, 0.1) is 10.1 Å². The van der Waals surface area contributed by atoms with E-state index in [-0.39, 0.29) is 23.8 Å². The van der Waals surface area contributed by atoms with E-state index in [4.69, 9.17) is 9.72 Å². The van der Waals surface area contributed by atoms with Gasteiger partial charge in [0.2, 0.25) is 0 Å². The number of hydrogen-bond acceptors (Lipinski definition) is 6. The van der Waals surface area contributed by atoms with Crippen molar-refractivity contribution < 1.29 is 9.66 Å². The maximum Gasteiger partial charge on any atom is 0.282 e. The highest BCUT2D eigenvalue weighted by Crippen LogP contribution is 2.31. The number of nitro benzene ring substituents is 1. The standard InChI is InChI=1S/C28H26N4O4/c33-28-25-14-4-5-15-26(25)30-27(22-10-2-1-3-11-22)31(28)29-18-20-8-7-13-24(17-20)36-19-21-9-6-12-23(16-21)32(34)35/h4-9,12-18,22H,1-3,10-11,19H2. The minimum Gasteiger partial charge on any atom is -0.489 e. The summed E-state index contributed by atoms with van der Waals surface area (Å²) in [6, 6.07) is 21.1. The number of para-hydroxylation sites is 1. The van der Waals surface area contributed by atoms with E-state index >= 15 is 0 Å². The van der Waals surface area contributed by atoms with Gasteiger partial charge in [0.15, 0.2) is 0 Å². The molecule has 1 aliphatic carbocycles. The summed E-state index contributed by atoms with van der Waals surface area (Å²) in [5.74, 6) is 1.52. The summed E-state index contributed by atoms with van der Waals surface area (Å²) in [4.78, 5) is 28.8. The summed E-state index contributed by atoms with van der Waals surface area (Å²) in [6.45, 7) is 0.197. The van der Waals surface area contributed by atoms with Crippen molar-refractivity contribution in [3.63, 3.8) is 0 Å². The van der Waals surface area contributed by atoms with Crippen molar-refractivity contribution in [1.82, 2.24) is 9.66 Å². The lowest BCUT2D eigenvalue weighted by Crippen LogP contribution is -2.25. The normalized spacial score (nSPS) is 14.3. The zero-order chi connectivity index (χ0) is 24.9. The SMILES string of the molecule is O=c1c2ccccc2nc(C2CCCCC2)n1N=Cc1cccc(OCc2cccc([N+](=O)[O-])c2)c1. The number of hydrogen-bond donors (Lipinski definition) is 0. The van der Waals surface area contributed by atoms with Gasteiger partial charge in [-0.1, -0.05) is 55.7 Å². The number of nitrogens with zero attached hydrogens (tertiary/aromatic N) is 4. The van der Waals surface area contributed by atoms with Gasteiger partial charge < -0.3 is 4.74 Å². The molecule has 0 radical (unpaired) electrons. The number of fused-ring (bicyclic) bond motifs is 1. The molecule has 5 rings (SSSR count). The van der Waals surface area contributed by atoms with E-state index in [2.05, 4.69) is 5.10 Å². The van der Waals surface area contributed by atoms with Crippen LogP contribution in [-0.4, -0.2) is 20.8 Å². The molecule has 8 heteroatoms. The third-order valence-electron chi connectivity index (χ3n) is 6.46. The Labute approximate surface area is 208 Å². The van der Waals surface area contributed by atoms with E-state index in [1.807, 2.05) is 42.5 Å². The predicted molar refractivity (Wildman–Crippen MR) is 139 cm³/mol. The minimum absolute atomic E-state index is 0.0280. The Balaban J connectivity index is 1.41. The Morgan fingerprint density at radius 2 is 1.83 bits per heavy atom. The molecule has 0 spiro atoms. The number of rotatable bonds is 7. The van der Waals surface area contributed by atoms with Crippen LogP contribution in [0.3, 0.4) is 0 Å². The molecule has 0 unspecified atom stereocenters. The fourth-order valence-corrected chi connectivity index (χ4v) is 4.61. The number of non-ortho nitro benzene ring substituents is 1. The first-order chi connectivity index (χ1) is 17.6. The summed E-state index contributed by atoms with van der Waals surface area (Å²) in [7, 11) is 0. The molecule has 0 amide bonds. The molecule has 4 aromatic rings. The summed E-state index contributed by atoms with van der Waals surface area (Å²) >= 11 is 0. The average Bonchev–Trinajstić information content (AvgIpc) is 2.92. The molecule has 1 saturated carbocycles. The molecule has 8 nitrogen and oxygen atoms in total. The van der Waals surface area contributed by atoms with Crippen molar-refractivity contribution in [2.75, 3.05) is 0 Å². The Morgan fingerprint density at radius 1 is 1.03 bits per heavy atom. The van der Waals surface area contributed by atoms with Crippen molar-refractivity contribution in [3.8, 4) is 5.75 Å². The van der Waals surface area contributed by atoms with Gasteiger partial charge in [0, 0.05) is 18.1 Å². The minimum atomic E-state index is -0.425. The summed E-state index contributed by atoms with van der Waals surface area (Å²) in [5.41, 5.74) is 2.03. The predicted octanol–water partition coefficient (Wildman–Crippen LogP) is 5.81. The highest BCUT2D eigenvalue weighted by Gasteiger charge is 2.22. The second-order valence-electron chi connectivity index (χ2n) is 8.97. The molecule has 0 aliphatic heterocycles. The first-order valence-corrected chi connectivity index (χ1v) is 12.1. The highest BCUT2D eigenvalue weighted by atomic mass is 16.6. The lowest BCUT2D eigenvalue weighted by Gasteiger charge is -2.22. The molecule has 1 heterocycles. The monoisotopic (exact) mass is 482 g/mol. The number of benzene rings is 3. The molecule has 0 N–H and O–H groups in total. The average molecular weight is 483 g/mol. The number of aromatic nitrogens is 2. The molecule has 1 fully saturated rings. The zero-order valence-electron chi connectivity index (χ0n) is 19.7. The van der Waals surface area contributed by atoms with Crippen LogP contribution in [-0.2, 0) is 6.61 Å². The van der Waals surface area contributed by atoms with Gasteiger partial charge >= 0.3 is 0 Å². The molecule has 1 aromatic heterocycles. The molecule has 182 valence electrons. The number of nitro groups is 1. The molecule has 0 saturated heterocycles. The first-order valence-electron chi connectivity index (χ1n) is 12.1. The molecule has 0 atom stereocenters. The lowest BCUT2D eigenvalue weighted by atomic mass is 9.88. The van der Waals surface area contributed by atoms with Gasteiger partial charge in [0.25, 0.3) is 11.2 Å². The second kappa shape index (κ2) is 10.5. The van der Waals surface area contributed by atoms with E-state index in [0.29, 0.717) is 28.0 Å². The van der Waals surface area contributed by atoms with Crippen LogP contribution < -0.4 is 10.3 Å². The quantitative estimate of drug-likeness (QED) is 0.188. The second-order valence-corrected chi connectivity index (χ2v) is 8.97. The number of ether oxygens (including phenoxy) is 1. The maximum atomic E-state index is 13.4. The van der Waals surface area contributed by atoms with Crippen LogP contribution in [0.5, 0.6) is 5.75 Å². The summed E-state index contributed by atoms with van der Waals surface area (Å²) < 4.78 is 7.31. The Kier molecular flexibility index (Phi) is 6.84. The third-order valence-corrected chi connectivity index (χ3v) is 6.46. The smallest absolute Gasteiger partial charge is 0.282 e. The van der Waals surface area contributed by atoms with E-state index in [9.17, 15) is 14.9 Å². The van der Waals surface area contributed by atoms with Gasteiger partial charge in [-0.3, -0.25) is 14.9 Å². The van der Waals surface area contributed by atoms with E-state index in [1.165, 1.54) is 23.2 Å². The fourth-order valence-electron chi connectivity index (χ4n) is 4.61. The van der Waals surface area contributed by atoms with Crippen molar-refractivity contribution in [2.24, 2.45) is 5.10 Å².